The quantitative estimate of drug-likeness (QED) is 0.254. The Bertz CT molecular complexity index is 1620. The number of nitrogens with two attached hydrogens (primary N) is 1. The SMILES string of the molecule is CCC1CC2(OC(=O)C1C)c1ccc(N(C)c3ccccc3)cc1Oc1ccc(N(C(=O)CN)c3ccccc3)cc12. The average Bonchev–Trinajstić information content (AvgIpc) is 3.03. The first-order valence-corrected chi connectivity index (χ1v) is 14.4. The van der Waals surface area contributed by atoms with Gasteiger partial charge in [0.2, 0.25) is 5.91 Å². The lowest BCUT2D eigenvalue weighted by Gasteiger charge is -2.46. The topological polar surface area (TPSA) is 85.1 Å². The van der Waals surface area contributed by atoms with Crippen LogP contribution in [0.15, 0.2) is 97.1 Å². The van der Waals surface area contributed by atoms with Crippen molar-refractivity contribution < 1.29 is 19.1 Å². The van der Waals surface area contributed by atoms with E-state index in [2.05, 4.69) is 24.0 Å². The van der Waals surface area contributed by atoms with Crippen LogP contribution in [0.25, 0.3) is 0 Å². The average molecular weight is 562 g/mol. The number of ether oxygens (including phenoxy) is 2. The Hall–Kier alpha value is -4.62. The van der Waals surface area contributed by atoms with Gasteiger partial charge in [0, 0.05) is 47.0 Å². The van der Waals surface area contributed by atoms with Crippen LogP contribution in [0, 0.1) is 11.8 Å². The molecule has 2 aliphatic heterocycles. The number of para-hydroxylation sites is 2. The summed E-state index contributed by atoms with van der Waals surface area (Å²) in [6, 6.07) is 31.2. The number of amides is 1. The van der Waals surface area contributed by atoms with Crippen LogP contribution in [-0.4, -0.2) is 25.5 Å². The van der Waals surface area contributed by atoms with Crippen LogP contribution in [0.3, 0.4) is 0 Å². The predicted octanol–water partition coefficient (Wildman–Crippen LogP) is 7.04. The highest BCUT2D eigenvalue weighted by Gasteiger charge is 2.52. The smallest absolute Gasteiger partial charge is 0.310 e. The van der Waals surface area contributed by atoms with Crippen molar-refractivity contribution in [3.8, 4) is 11.5 Å². The predicted molar refractivity (Wildman–Crippen MR) is 165 cm³/mol. The van der Waals surface area contributed by atoms with Gasteiger partial charge in [0.1, 0.15) is 11.5 Å². The van der Waals surface area contributed by atoms with Crippen molar-refractivity contribution in [2.24, 2.45) is 17.6 Å². The second-order valence-electron chi connectivity index (χ2n) is 11.0. The van der Waals surface area contributed by atoms with E-state index in [-0.39, 0.29) is 30.3 Å². The largest absolute Gasteiger partial charge is 0.456 e. The van der Waals surface area contributed by atoms with Crippen LogP contribution in [0.1, 0.15) is 37.8 Å². The fourth-order valence-corrected chi connectivity index (χ4v) is 6.24. The van der Waals surface area contributed by atoms with Crippen molar-refractivity contribution in [1.29, 1.82) is 0 Å². The van der Waals surface area contributed by atoms with Crippen molar-refractivity contribution in [2.45, 2.75) is 32.3 Å². The first kappa shape index (κ1) is 27.5. The van der Waals surface area contributed by atoms with E-state index < -0.39 is 5.60 Å². The zero-order valence-electron chi connectivity index (χ0n) is 24.1. The van der Waals surface area contributed by atoms with Crippen LogP contribution in [0.5, 0.6) is 11.5 Å². The molecule has 6 rings (SSSR count). The molecule has 0 radical (unpaired) electrons. The second-order valence-corrected chi connectivity index (χ2v) is 11.0. The summed E-state index contributed by atoms with van der Waals surface area (Å²) in [6.07, 6.45) is 1.44. The Labute approximate surface area is 246 Å². The van der Waals surface area contributed by atoms with Crippen molar-refractivity contribution in [2.75, 3.05) is 23.4 Å². The number of benzene rings is 4. The van der Waals surface area contributed by atoms with Gasteiger partial charge in [-0.1, -0.05) is 56.7 Å². The molecule has 2 N–H and O–H groups in total. The summed E-state index contributed by atoms with van der Waals surface area (Å²) in [5.41, 5.74) is 9.62. The zero-order chi connectivity index (χ0) is 29.4. The Kier molecular flexibility index (Phi) is 7.21. The molecule has 0 saturated carbocycles. The van der Waals surface area contributed by atoms with Gasteiger partial charge < -0.3 is 20.1 Å². The van der Waals surface area contributed by atoms with E-state index in [4.69, 9.17) is 15.2 Å². The summed E-state index contributed by atoms with van der Waals surface area (Å²) in [5, 5.41) is 0. The molecule has 1 saturated heterocycles. The molecule has 4 aromatic rings. The van der Waals surface area contributed by atoms with Crippen molar-refractivity contribution >= 4 is 34.6 Å². The molecular weight excluding hydrogens is 526 g/mol. The number of nitrogens with zero attached hydrogens (tertiary/aromatic N) is 2. The summed E-state index contributed by atoms with van der Waals surface area (Å²) in [6.45, 7) is 3.90. The summed E-state index contributed by atoms with van der Waals surface area (Å²) in [5.74, 6) is 0.641. The fraction of sp³-hybridized carbons (Fsp3) is 0.257. The molecule has 2 aliphatic rings. The molecular formula is C35H35N3O4. The van der Waals surface area contributed by atoms with Gasteiger partial charge >= 0.3 is 5.97 Å². The maximum absolute atomic E-state index is 13.5. The highest BCUT2D eigenvalue weighted by molar-refractivity contribution is 6.01. The van der Waals surface area contributed by atoms with Gasteiger partial charge in [-0.15, -0.1) is 0 Å². The third kappa shape index (κ3) is 4.60. The van der Waals surface area contributed by atoms with Crippen LogP contribution < -0.4 is 20.3 Å². The molecule has 1 fully saturated rings. The molecule has 1 amide bonds. The minimum atomic E-state index is -1.07. The number of rotatable bonds is 6. The van der Waals surface area contributed by atoms with Crippen LogP contribution in [-0.2, 0) is 19.9 Å². The molecule has 7 heteroatoms. The molecule has 7 nitrogen and oxygen atoms in total. The number of anilines is 4. The molecule has 1 spiro atoms. The number of esters is 1. The number of fused-ring (bicyclic) bond motifs is 4. The van der Waals surface area contributed by atoms with E-state index in [1.54, 1.807) is 4.90 Å². The third-order valence-electron chi connectivity index (χ3n) is 8.67. The lowest BCUT2D eigenvalue weighted by molar-refractivity contribution is -0.176. The van der Waals surface area contributed by atoms with Gasteiger partial charge in [-0.25, -0.2) is 0 Å². The second kappa shape index (κ2) is 11.0. The minimum Gasteiger partial charge on any atom is -0.456 e. The molecule has 42 heavy (non-hydrogen) atoms. The van der Waals surface area contributed by atoms with E-state index in [9.17, 15) is 9.59 Å². The number of hydrogen-bond acceptors (Lipinski definition) is 6. The maximum atomic E-state index is 13.5. The molecule has 3 unspecified atom stereocenters. The van der Waals surface area contributed by atoms with E-state index in [0.717, 1.165) is 28.9 Å². The minimum absolute atomic E-state index is 0.108. The van der Waals surface area contributed by atoms with Gasteiger partial charge in [0.05, 0.1) is 12.5 Å². The van der Waals surface area contributed by atoms with Gasteiger partial charge in [0.25, 0.3) is 0 Å². The van der Waals surface area contributed by atoms with Crippen molar-refractivity contribution in [1.82, 2.24) is 0 Å². The van der Waals surface area contributed by atoms with Crippen molar-refractivity contribution in [3.63, 3.8) is 0 Å². The summed E-state index contributed by atoms with van der Waals surface area (Å²) >= 11 is 0. The number of carbonyl (C=O) groups excluding carboxylic acids is 2. The first-order chi connectivity index (χ1) is 20.4. The molecule has 0 aliphatic carbocycles. The first-order valence-electron chi connectivity index (χ1n) is 14.4. The Balaban J connectivity index is 1.51. The molecule has 3 atom stereocenters. The van der Waals surface area contributed by atoms with Gasteiger partial charge in [-0.2, -0.15) is 0 Å². The lowest BCUT2D eigenvalue weighted by atomic mass is 9.71. The molecule has 2 heterocycles. The maximum Gasteiger partial charge on any atom is 0.310 e. The molecule has 0 aromatic heterocycles. The summed E-state index contributed by atoms with van der Waals surface area (Å²) < 4.78 is 13.0. The molecule has 0 bridgehead atoms. The van der Waals surface area contributed by atoms with E-state index >= 15 is 0 Å². The summed E-state index contributed by atoms with van der Waals surface area (Å²) in [4.78, 5) is 30.3. The standard InChI is InChI=1S/C35H35N3O4/c1-4-24-21-35(42-34(40)23(24)2)29-17-15-27(37(3)25-11-7-5-8-12-25)20-32(29)41-31-18-16-28(19-30(31)35)38(33(39)22-36)26-13-9-6-10-14-26/h5-20,23-24H,4,21-22,36H2,1-3H3. The fourth-order valence-electron chi connectivity index (χ4n) is 6.24. The highest BCUT2D eigenvalue weighted by Crippen LogP contribution is 2.56. The number of hydrogen-bond donors (Lipinski definition) is 1. The zero-order valence-corrected chi connectivity index (χ0v) is 24.1. The van der Waals surface area contributed by atoms with E-state index in [1.807, 2.05) is 98.9 Å². The van der Waals surface area contributed by atoms with Crippen LogP contribution in [0.2, 0.25) is 0 Å². The molecule has 214 valence electrons. The van der Waals surface area contributed by atoms with Crippen LogP contribution in [0.4, 0.5) is 22.7 Å². The van der Waals surface area contributed by atoms with Crippen LogP contribution >= 0.6 is 0 Å². The van der Waals surface area contributed by atoms with Gasteiger partial charge in [-0.3, -0.25) is 14.5 Å². The van der Waals surface area contributed by atoms with Crippen molar-refractivity contribution in [3.05, 3.63) is 108 Å². The Morgan fingerprint density at radius 2 is 1.52 bits per heavy atom. The number of carbonyl (C=O) groups is 2. The van der Waals surface area contributed by atoms with Gasteiger partial charge in [0.15, 0.2) is 5.60 Å². The normalized spacial score (nSPS) is 20.6. The monoisotopic (exact) mass is 561 g/mol. The van der Waals surface area contributed by atoms with E-state index in [0.29, 0.717) is 29.3 Å². The van der Waals surface area contributed by atoms with Gasteiger partial charge in [-0.05, 0) is 66.9 Å². The third-order valence-corrected chi connectivity index (χ3v) is 8.67. The highest BCUT2D eigenvalue weighted by atomic mass is 16.6. The molecule has 4 aromatic carbocycles. The summed E-state index contributed by atoms with van der Waals surface area (Å²) in [7, 11) is 2.01. The Morgan fingerprint density at radius 3 is 2.19 bits per heavy atom. The van der Waals surface area contributed by atoms with E-state index in [1.165, 1.54) is 0 Å². The lowest BCUT2D eigenvalue weighted by Crippen LogP contribution is -2.46. The Morgan fingerprint density at radius 1 is 0.857 bits per heavy atom.